The molecule has 3 aliphatic rings. The van der Waals surface area contributed by atoms with Crippen LogP contribution >= 0.6 is 11.3 Å². The molecule has 7 rings (SSSR count). The molecule has 0 spiro atoms. The molecule has 2 saturated heterocycles. The fraction of sp³-hybridized carbons (Fsp3) is 0.385. The number of pyridine rings is 1. The Labute approximate surface area is 217 Å². The zero-order chi connectivity index (χ0) is 25.7. The van der Waals surface area contributed by atoms with Crippen molar-refractivity contribution in [1.82, 2.24) is 29.5 Å². The third-order valence-corrected chi connectivity index (χ3v) is 8.47. The molecule has 3 N–H and O–H groups in total. The predicted molar refractivity (Wildman–Crippen MR) is 139 cm³/mol. The molecule has 1 amide bonds. The van der Waals surface area contributed by atoms with Crippen LogP contribution in [0.25, 0.3) is 27.5 Å². The number of hydrogen-bond donors (Lipinski definition) is 2. The van der Waals surface area contributed by atoms with Crippen molar-refractivity contribution in [3.05, 3.63) is 47.4 Å². The van der Waals surface area contributed by atoms with Crippen molar-refractivity contribution in [2.75, 3.05) is 18.9 Å². The van der Waals surface area contributed by atoms with Gasteiger partial charge in [0.05, 0.1) is 23.1 Å². The molecule has 2 unspecified atom stereocenters. The van der Waals surface area contributed by atoms with Crippen molar-refractivity contribution in [3.8, 4) is 21.8 Å². The molecule has 0 radical (unpaired) electrons. The predicted octanol–water partition coefficient (Wildman–Crippen LogP) is 3.18. The number of amides is 1. The average molecular weight is 518 g/mol. The summed E-state index contributed by atoms with van der Waals surface area (Å²) in [5, 5.41) is 16.7. The first-order valence-corrected chi connectivity index (χ1v) is 13.3. The van der Waals surface area contributed by atoms with Crippen molar-refractivity contribution in [2.24, 2.45) is 5.92 Å². The highest BCUT2D eigenvalue weighted by Gasteiger charge is 2.42. The van der Waals surface area contributed by atoms with E-state index in [9.17, 15) is 14.7 Å². The Hall–Kier alpha value is -3.70. The molecule has 190 valence electrons. The number of aliphatic hydroxyl groups excluding tert-OH is 1. The van der Waals surface area contributed by atoms with Crippen LogP contribution in [0.2, 0.25) is 0 Å². The number of thiazole rings is 1. The summed E-state index contributed by atoms with van der Waals surface area (Å²) in [6.07, 6.45) is 8.70. The minimum atomic E-state index is -0.488. The summed E-state index contributed by atoms with van der Waals surface area (Å²) >= 11 is 1.53. The van der Waals surface area contributed by atoms with Gasteiger partial charge in [0.25, 0.3) is 0 Å². The number of aromatic nitrogens is 5. The SMILES string of the molecule is CC(=O)c1c([C@@H]2CC3CCCC2CN3C(=O)CO)nc2c(-c3ccc(-c4nccs4)nc3)cnn2c1N. The maximum Gasteiger partial charge on any atom is 0.248 e. The molecule has 4 aromatic heterocycles. The second kappa shape index (κ2) is 9.31. The highest BCUT2D eigenvalue weighted by molar-refractivity contribution is 7.13. The van der Waals surface area contributed by atoms with Crippen LogP contribution < -0.4 is 5.73 Å². The number of carbonyl (C=O) groups excluding carboxylic acids is 2. The number of nitrogens with zero attached hydrogens (tertiary/aromatic N) is 6. The van der Waals surface area contributed by atoms with Gasteiger partial charge in [-0.05, 0) is 38.2 Å². The highest BCUT2D eigenvalue weighted by Crippen LogP contribution is 2.45. The minimum absolute atomic E-state index is 0.00875. The number of nitrogens with two attached hydrogens (primary N) is 1. The average Bonchev–Trinajstić information content (AvgIpc) is 3.50. The van der Waals surface area contributed by atoms with Crippen LogP contribution in [0.5, 0.6) is 0 Å². The van der Waals surface area contributed by atoms with E-state index in [4.69, 9.17) is 10.7 Å². The number of piperidine rings is 1. The van der Waals surface area contributed by atoms with Crippen LogP contribution in [-0.4, -0.2) is 65.5 Å². The largest absolute Gasteiger partial charge is 0.387 e. The maximum atomic E-state index is 12.8. The Morgan fingerprint density at radius 2 is 2.08 bits per heavy atom. The molecule has 37 heavy (non-hydrogen) atoms. The van der Waals surface area contributed by atoms with Gasteiger partial charge in [-0.15, -0.1) is 11.3 Å². The number of rotatable bonds is 5. The lowest BCUT2D eigenvalue weighted by Gasteiger charge is -2.41. The summed E-state index contributed by atoms with van der Waals surface area (Å²) in [7, 11) is 0. The third kappa shape index (κ3) is 3.98. The fourth-order valence-corrected chi connectivity index (χ4v) is 6.56. The molecule has 11 heteroatoms. The quantitative estimate of drug-likeness (QED) is 0.385. The van der Waals surface area contributed by atoms with E-state index in [0.717, 1.165) is 41.1 Å². The summed E-state index contributed by atoms with van der Waals surface area (Å²) in [6, 6.07) is 3.89. The first-order valence-electron chi connectivity index (χ1n) is 12.4. The third-order valence-electron chi connectivity index (χ3n) is 7.67. The Bertz CT molecular complexity index is 1480. The number of anilines is 1. The van der Waals surface area contributed by atoms with Gasteiger partial charge in [0.2, 0.25) is 5.91 Å². The lowest BCUT2D eigenvalue weighted by atomic mass is 9.78. The maximum absolute atomic E-state index is 12.8. The van der Waals surface area contributed by atoms with Gasteiger partial charge in [0.1, 0.15) is 17.4 Å². The second-order valence-electron chi connectivity index (χ2n) is 9.77. The molecule has 4 aromatic rings. The molecule has 1 saturated carbocycles. The smallest absolute Gasteiger partial charge is 0.248 e. The van der Waals surface area contributed by atoms with E-state index in [2.05, 4.69) is 15.1 Å². The molecule has 3 atom stereocenters. The number of fused-ring (bicyclic) bond motifs is 5. The lowest BCUT2D eigenvalue weighted by molar-refractivity contribution is -0.139. The monoisotopic (exact) mass is 517 g/mol. The van der Waals surface area contributed by atoms with Gasteiger partial charge in [-0.1, -0.05) is 12.5 Å². The van der Waals surface area contributed by atoms with E-state index in [0.29, 0.717) is 29.9 Å². The standard InChI is InChI=1S/C26H27N7O3S/c1-14(35)22-23(18-9-17-4-2-3-16(18)12-32(17)21(36)13-34)31-25-19(11-30-33(25)24(22)27)15-5-6-20(29-10-15)26-28-7-8-37-26/h5-8,10-11,16-18,34H,2-4,9,12-13,27H2,1H3/t16?,17?,18-/m1/s1. The molecule has 0 aromatic carbocycles. The van der Waals surface area contributed by atoms with Crippen molar-refractivity contribution in [1.29, 1.82) is 0 Å². The van der Waals surface area contributed by atoms with E-state index in [1.807, 2.05) is 22.4 Å². The van der Waals surface area contributed by atoms with Crippen LogP contribution in [0.1, 0.15) is 54.6 Å². The Kier molecular flexibility index (Phi) is 5.96. The Morgan fingerprint density at radius 3 is 2.78 bits per heavy atom. The van der Waals surface area contributed by atoms with Crippen LogP contribution in [0.15, 0.2) is 36.1 Å². The molecule has 6 heterocycles. The van der Waals surface area contributed by atoms with Gasteiger partial charge in [-0.2, -0.15) is 9.61 Å². The summed E-state index contributed by atoms with van der Waals surface area (Å²) in [4.78, 5) is 41.0. The molecule has 1 aliphatic carbocycles. The van der Waals surface area contributed by atoms with Gasteiger partial charge >= 0.3 is 0 Å². The van der Waals surface area contributed by atoms with Gasteiger partial charge in [-0.3, -0.25) is 14.6 Å². The molecular weight excluding hydrogens is 490 g/mol. The van der Waals surface area contributed by atoms with Crippen molar-refractivity contribution in [3.63, 3.8) is 0 Å². The number of hydrogen-bond acceptors (Lipinski definition) is 9. The summed E-state index contributed by atoms with van der Waals surface area (Å²) in [5.74, 6) is -0.00916. The number of nitrogen functional groups attached to an aromatic ring is 1. The highest BCUT2D eigenvalue weighted by atomic mass is 32.1. The number of ketones is 1. The van der Waals surface area contributed by atoms with Crippen molar-refractivity contribution < 1.29 is 14.7 Å². The second-order valence-corrected chi connectivity index (χ2v) is 10.7. The van der Waals surface area contributed by atoms with Crippen molar-refractivity contribution in [2.45, 2.75) is 44.6 Å². The lowest BCUT2D eigenvalue weighted by Crippen LogP contribution is -2.49. The Balaban J connectivity index is 1.44. The van der Waals surface area contributed by atoms with Crippen molar-refractivity contribution >= 4 is 34.5 Å². The van der Waals surface area contributed by atoms with Gasteiger partial charge in [-0.25, -0.2) is 9.97 Å². The van der Waals surface area contributed by atoms with E-state index in [1.165, 1.54) is 22.8 Å². The number of Topliss-reactive ketones (excluding diaryl/α,β-unsaturated/α-hetero) is 1. The molecular formula is C26H27N7O3S. The number of carbonyl (C=O) groups is 2. The van der Waals surface area contributed by atoms with Crippen LogP contribution in [0, 0.1) is 5.92 Å². The summed E-state index contributed by atoms with van der Waals surface area (Å²) in [5.41, 5.74) is 10.6. The fourth-order valence-electron chi connectivity index (χ4n) is 5.95. The molecule has 2 bridgehead atoms. The summed E-state index contributed by atoms with van der Waals surface area (Å²) < 4.78 is 1.53. The molecule has 2 aliphatic heterocycles. The van der Waals surface area contributed by atoms with E-state index in [-0.39, 0.29) is 35.4 Å². The zero-order valence-electron chi connectivity index (χ0n) is 20.4. The van der Waals surface area contributed by atoms with Crippen LogP contribution in [-0.2, 0) is 4.79 Å². The number of aliphatic hydroxyl groups is 1. The van der Waals surface area contributed by atoms with Gasteiger partial charge < -0.3 is 15.7 Å². The zero-order valence-corrected chi connectivity index (χ0v) is 21.2. The minimum Gasteiger partial charge on any atom is -0.387 e. The summed E-state index contributed by atoms with van der Waals surface area (Å²) in [6.45, 7) is 1.57. The molecule has 10 nitrogen and oxygen atoms in total. The van der Waals surface area contributed by atoms with E-state index in [1.54, 1.807) is 18.6 Å². The van der Waals surface area contributed by atoms with E-state index >= 15 is 0 Å². The van der Waals surface area contributed by atoms with Crippen LogP contribution in [0.3, 0.4) is 0 Å². The Morgan fingerprint density at radius 1 is 1.22 bits per heavy atom. The first-order chi connectivity index (χ1) is 18.0. The normalized spacial score (nSPS) is 21.4. The topological polar surface area (TPSA) is 140 Å². The van der Waals surface area contributed by atoms with Gasteiger partial charge in [0.15, 0.2) is 11.4 Å². The van der Waals surface area contributed by atoms with E-state index < -0.39 is 6.61 Å². The molecule has 3 fully saturated rings. The van der Waals surface area contributed by atoms with Crippen LogP contribution in [0.4, 0.5) is 5.82 Å². The van der Waals surface area contributed by atoms with Gasteiger partial charge in [0, 0.05) is 47.4 Å². The first kappa shape index (κ1) is 23.7.